The number of nitrogens with one attached hydrogen (secondary N) is 1. The first-order valence-electron chi connectivity index (χ1n) is 7.24. The number of amides is 2. The number of hydrogen-bond acceptors (Lipinski definition) is 6. The van der Waals surface area contributed by atoms with Crippen LogP contribution in [0.5, 0.6) is 0 Å². The summed E-state index contributed by atoms with van der Waals surface area (Å²) in [5.74, 6) is -3.68. The number of aliphatic hydroxyl groups is 1. The Morgan fingerprint density at radius 1 is 1.24 bits per heavy atom. The zero-order chi connectivity index (χ0) is 18.4. The summed E-state index contributed by atoms with van der Waals surface area (Å²) >= 11 is 0. The molecule has 2 heterocycles. The van der Waals surface area contributed by atoms with Crippen LogP contribution in [0, 0.1) is 0 Å². The summed E-state index contributed by atoms with van der Waals surface area (Å²) < 4.78 is 24.7. The second-order valence-corrected chi connectivity index (χ2v) is 7.74. The van der Waals surface area contributed by atoms with E-state index in [2.05, 4.69) is 5.32 Å². The van der Waals surface area contributed by atoms with Crippen molar-refractivity contribution in [3.05, 3.63) is 47.2 Å². The van der Waals surface area contributed by atoms with Gasteiger partial charge < -0.3 is 15.5 Å². The second kappa shape index (κ2) is 5.97. The van der Waals surface area contributed by atoms with Crippen LogP contribution in [0.25, 0.3) is 0 Å². The largest absolute Gasteiger partial charge is 0.477 e. The van der Waals surface area contributed by atoms with Crippen molar-refractivity contribution in [1.82, 2.24) is 10.2 Å². The first-order chi connectivity index (χ1) is 11.8. The molecule has 2 atom stereocenters. The molecule has 3 rings (SSSR count). The van der Waals surface area contributed by atoms with E-state index in [0.717, 1.165) is 0 Å². The van der Waals surface area contributed by atoms with Crippen LogP contribution >= 0.6 is 0 Å². The highest BCUT2D eigenvalue weighted by molar-refractivity contribution is 7.92. The van der Waals surface area contributed by atoms with Crippen LogP contribution in [0.4, 0.5) is 0 Å². The zero-order valence-corrected chi connectivity index (χ0v) is 13.6. The predicted molar refractivity (Wildman–Crippen MR) is 83.9 cm³/mol. The van der Waals surface area contributed by atoms with Gasteiger partial charge in [0.2, 0.25) is 0 Å². The number of β-lactam (4-membered cyclic amide) rings is 1. The van der Waals surface area contributed by atoms with Crippen molar-refractivity contribution >= 4 is 27.6 Å². The van der Waals surface area contributed by atoms with Crippen molar-refractivity contribution in [1.29, 1.82) is 0 Å². The van der Waals surface area contributed by atoms with E-state index in [9.17, 15) is 33.0 Å². The number of carboxylic acids is 1. The number of aliphatic hydroxyl groups excluding tert-OH is 1. The van der Waals surface area contributed by atoms with E-state index in [4.69, 9.17) is 0 Å². The average molecular weight is 366 g/mol. The molecular formula is C15H14N2O7S. The number of rotatable bonds is 4. The number of benzene rings is 1. The second-order valence-electron chi connectivity index (χ2n) is 5.64. The lowest BCUT2D eigenvalue weighted by Gasteiger charge is -2.48. The fourth-order valence-corrected chi connectivity index (χ4v) is 4.97. The number of fused-ring (bicyclic) bond motifs is 1. The molecule has 2 aliphatic rings. The van der Waals surface area contributed by atoms with Crippen LogP contribution in [0.3, 0.4) is 0 Å². The molecule has 0 unspecified atom stereocenters. The van der Waals surface area contributed by atoms with Crippen molar-refractivity contribution in [3.63, 3.8) is 0 Å². The van der Waals surface area contributed by atoms with Gasteiger partial charge in [0.25, 0.3) is 11.8 Å². The lowest BCUT2D eigenvalue weighted by atomic mass is 10.0. The minimum absolute atomic E-state index is 0.243. The Kier molecular flexibility index (Phi) is 4.09. The highest BCUT2D eigenvalue weighted by Gasteiger charge is 2.60. The Hall–Kier alpha value is -2.72. The van der Waals surface area contributed by atoms with E-state index in [-0.39, 0.29) is 11.1 Å². The number of carbonyl (C=O) groups is 3. The van der Waals surface area contributed by atoms with Gasteiger partial charge in [0.05, 0.1) is 12.4 Å². The Bertz CT molecular complexity index is 892. The number of aliphatic carboxylic acids is 1. The van der Waals surface area contributed by atoms with E-state index < -0.39 is 57.1 Å². The van der Waals surface area contributed by atoms with Crippen molar-refractivity contribution in [3.8, 4) is 0 Å². The lowest BCUT2D eigenvalue weighted by Crippen LogP contribution is -2.74. The van der Waals surface area contributed by atoms with Crippen LogP contribution in [-0.4, -0.2) is 65.1 Å². The van der Waals surface area contributed by atoms with Gasteiger partial charge in [-0.3, -0.25) is 14.5 Å². The first kappa shape index (κ1) is 17.1. The van der Waals surface area contributed by atoms with Crippen LogP contribution in [0.2, 0.25) is 0 Å². The molecule has 0 aliphatic carbocycles. The number of carboxylic acid groups (broad SMARTS) is 1. The summed E-state index contributed by atoms with van der Waals surface area (Å²) in [6.45, 7) is -0.793. The first-order valence-corrected chi connectivity index (χ1v) is 8.96. The number of sulfone groups is 1. The van der Waals surface area contributed by atoms with Gasteiger partial charge in [-0.25, -0.2) is 13.2 Å². The molecule has 1 fully saturated rings. The predicted octanol–water partition coefficient (Wildman–Crippen LogP) is -1.29. The molecule has 0 saturated carbocycles. The summed E-state index contributed by atoms with van der Waals surface area (Å²) in [6.07, 6.45) is 0. The quantitative estimate of drug-likeness (QED) is 0.563. The standard InChI is InChI=1S/C15H14N2O7S/c18-6-9-7-25(23,24)14-10(13(20)17(14)11(9)15(21)22)16-12(19)8-4-2-1-3-5-8/h1-5,10,14,18H,6-7H2,(H,16,19)(H,21,22)/t10-,14-/m0/s1. The van der Waals surface area contributed by atoms with E-state index >= 15 is 0 Å². The maximum Gasteiger partial charge on any atom is 0.352 e. The maximum absolute atomic E-state index is 12.4. The van der Waals surface area contributed by atoms with Gasteiger partial charge in [0.15, 0.2) is 15.2 Å². The molecule has 132 valence electrons. The van der Waals surface area contributed by atoms with E-state index in [0.29, 0.717) is 4.90 Å². The molecule has 0 radical (unpaired) electrons. The number of nitrogens with zero attached hydrogens (tertiary/aromatic N) is 1. The third kappa shape index (κ3) is 2.68. The van der Waals surface area contributed by atoms with E-state index in [1.54, 1.807) is 18.2 Å². The molecule has 0 bridgehead atoms. The highest BCUT2D eigenvalue weighted by Crippen LogP contribution is 2.36. The van der Waals surface area contributed by atoms with Gasteiger partial charge in [-0.05, 0) is 12.1 Å². The van der Waals surface area contributed by atoms with Gasteiger partial charge in [-0.15, -0.1) is 0 Å². The molecule has 25 heavy (non-hydrogen) atoms. The molecule has 3 N–H and O–H groups in total. The Balaban J connectivity index is 1.92. The topological polar surface area (TPSA) is 141 Å². The fraction of sp³-hybridized carbons (Fsp3) is 0.267. The minimum Gasteiger partial charge on any atom is -0.477 e. The smallest absolute Gasteiger partial charge is 0.352 e. The van der Waals surface area contributed by atoms with Crippen LogP contribution in [0.15, 0.2) is 41.6 Å². The van der Waals surface area contributed by atoms with Crippen molar-refractivity contribution in [2.75, 3.05) is 12.4 Å². The molecule has 9 nitrogen and oxygen atoms in total. The lowest BCUT2D eigenvalue weighted by molar-refractivity contribution is -0.149. The Labute approximate surface area is 142 Å². The molecule has 1 aromatic carbocycles. The normalized spacial score (nSPS) is 24.4. The SMILES string of the molecule is O=C(O)C1=C(CO)CS(=O)(=O)[C@H]2[C@@H](NC(=O)c3ccccc3)C(=O)N12. The molecule has 0 spiro atoms. The minimum atomic E-state index is -3.95. The van der Waals surface area contributed by atoms with Crippen molar-refractivity contribution in [2.24, 2.45) is 0 Å². The third-order valence-corrected chi connectivity index (χ3v) is 6.05. The monoisotopic (exact) mass is 366 g/mol. The van der Waals surface area contributed by atoms with Gasteiger partial charge in [0, 0.05) is 11.1 Å². The van der Waals surface area contributed by atoms with Gasteiger partial charge in [-0.2, -0.15) is 0 Å². The highest BCUT2D eigenvalue weighted by atomic mass is 32.2. The summed E-state index contributed by atoms with van der Waals surface area (Å²) in [7, 11) is -3.95. The van der Waals surface area contributed by atoms with Crippen LogP contribution in [-0.2, 0) is 19.4 Å². The Morgan fingerprint density at radius 2 is 1.88 bits per heavy atom. The van der Waals surface area contributed by atoms with Crippen LogP contribution < -0.4 is 5.32 Å². The van der Waals surface area contributed by atoms with Crippen molar-refractivity contribution in [2.45, 2.75) is 11.4 Å². The van der Waals surface area contributed by atoms with Gasteiger partial charge >= 0.3 is 5.97 Å². The molecule has 0 aromatic heterocycles. The molecule has 2 aliphatic heterocycles. The van der Waals surface area contributed by atoms with Crippen LogP contribution in [0.1, 0.15) is 10.4 Å². The summed E-state index contributed by atoms with van der Waals surface area (Å²) in [4.78, 5) is 36.5. The maximum atomic E-state index is 12.4. The molecule has 1 aromatic rings. The molecule has 2 amide bonds. The van der Waals surface area contributed by atoms with Gasteiger partial charge in [-0.1, -0.05) is 18.2 Å². The number of hydrogen-bond donors (Lipinski definition) is 3. The molecular weight excluding hydrogens is 352 g/mol. The third-order valence-electron chi connectivity index (χ3n) is 4.08. The fourth-order valence-electron chi connectivity index (χ4n) is 2.96. The molecule has 1 saturated heterocycles. The molecule has 10 heteroatoms. The summed E-state index contributed by atoms with van der Waals surface area (Å²) in [6, 6.07) is 6.54. The average Bonchev–Trinajstić information content (AvgIpc) is 2.58. The zero-order valence-electron chi connectivity index (χ0n) is 12.7. The Morgan fingerprint density at radius 3 is 2.44 bits per heavy atom. The van der Waals surface area contributed by atoms with Gasteiger partial charge in [0.1, 0.15) is 11.7 Å². The summed E-state index contributed by atoms with van der Waals surface area (Å²) in [5, 5.41) is 19.3. The van der Waals surface area contributed by atoms with E-state index in [1.807, 2.05) is 0 Å². The van der Waals surface area contributed by atoms with Crippen molar-refractivity contribution < 1.29 is 33.0 Å². The number of carbonyl (C=O) groups excluding carboxylic acids is 2. The summed E-state index contributed by atoms with van der Waals surface area (Å²) in [5.41, 5.74) is -0.561. The van der Waals surface area contributed by atoms with E-state index in [1.165, 1.54) is 12.1 Å².